The van der Waals surface area contributed by atoms with E-state index >= 15 is 0 Å². The van der Waals surface area contributed by atoms with Gasteiger partial charge >= 0.3 is 0 Å². The van der Waals surface area contributed by atoms with Gasteiger partial charge in [-0.05, 0) is 57.0 Å². The first-order chi connectivity index (χ1) is 16.8. The second kappa shape index (κ2) is 9.29. The predicted molar refractivity (Wildman–Crippen MR) is 141 cm³/mol. The van der Waals surface area contributed by atoms with Gasteiger partial charge in [-0.2, -0.15) is 10.5 Å². The maximum absolute atomic E-state index is 10.3. The molecule has 158 valence electrons. The molecule has 0 N–H and O–H groups in total. The average molecular weight is 433 g/mol. The summed E-state index contributed by atoms with van der Waals surface area (Å²) in [5.74, 6) is 0. The van der Waals surface area contributed by atoms with Crippen LogP contribution < -0.4 is 0 Å². The fourth-order valence-corrected chi connectivity index (χ4v) is 4.29. The summed E-state index contributed by atoms with van der Waals surface area (Å²) in [5, 5.41) is 24.6. The Morgan fingerprint density at radius 2 is 1.06 bits per heavy atom. The van der Waals surface area contributed by atoms with E-state index in [1.165, 1.54) is 0 Å². The number of nitriles is 2. The summed E-state index contributed by atoms with van der Waals surface area (Å²) in [6.45, 7) is 0. The molecular formula is C32H20N2. The lowest BCUT2D eigenvalue weighted by Gasteiger charge is -2.14. The summed E-state index contributed by atoms with van der Waals surface area (Å²) < 4.78 is 0. The van der Waals surface area contributed by atoms with Gasteiger partial charge in [0.15, 0.2) is 0 Å². The fourth-order valence-electron chi connectivity index (χ4n) is 4.29. The van der Waals surface area contributed by atoms with Crippen LogP contribution in [0.1, 0.15) is 22.3 Å². The lowest BCUT2D eigenvalue weighted by molar-refractivity contribution is 1.51. The Kier molecular flexibility index (Phi) is 5.73. The van der Waals surface area contributed by atoms with E-state index in [1.54, 1.807) is 0 Å². The lowest BCUT2D eigenvalue weighted by Crippen LogP contribution is -1.95. The largest absolute Gasteiger partial charge is 0.192 e. The van der Waals surface area contributed by atoms with Crippen LogP contribution in [-0.2, 0) is 0 Å². The van der Waals surface area contributed by atoms with Crippen LogP contribution in [0.2, 0.25) is 0 Å². The van der Waals surface area contributed by atoms with Crippen molar-refractivity contribution in [2.24, 2.45) is 0 Å². The van der Waals surface area contributed by atoms with Gasteiger partial charge in [0.05, 0.1) is 23.3 Å². The van der Waals surface area contributed by atoms with Crippen LogP contribution in [0, 0.1) is 22.7 Å². The molecule has 0 saturated heterocycles. The van der Waals surface area contributed by atoms with E-state index in [2.05, 4.69) is 36.4 Å². The summed E-state index contributed by atoms with van der Waals surface area (Å²) in [7, 11) is 0. The summed E-state index contributed by atoms with van der Waals surface area (Å²) >= 11 is 0. The molecule has 0 heterocycles. The normalized spacial score (nSPS) is 11.8. The van der Waals surface area contributed by atoms with Crippen molar-refractivity contribution in [3.63, 3.8) is 0 Å². The standard InChI is InChI=1S/C32H20N2/c33-21-28(17-23-9-3-1-4-10-23)30-16-15-27-19-25-13-7-8-14-26(25)20-31(27)32(30)29(22-34)18-24-11-5-2-6-12-24/h1-20H. The van der Waals surface area contributed by atoms with E-state index in [0.29, 0.717) is 11.1 Å². The van der Waals surface area contributed by atoms with Gasteiger partial charge in [-0.1, -0.05) is 97.1 Å². The van der Waals surface area contributed by atoms with Gasteiger partial charge in [-0.15, -0.1) is 0 Å². The van der Waals surface area contributed by atoms with Crippen molar-refractivity contribution in [3.8, 4) is 12.1 Å². The van der Waals surface area contributed by atoms with E-state index < -0.39 is 0 Å². The third-order valence-corrected chi connectivity index (χ3v) is 5.91. The highest BCUT2D eigenvalue weighted by molar-refractivity contribution is 6.11. The Morgan fingerprint density at radius 3 is 1.65 bits per heavy atom. The molecule has 0 unspecified atom stereocenters. The van der Waals surface area contributed by atoms with E-state index in [1.807, 2.05) is 97.1 Å². The fraction of sp³-hybridized carbons (Fsp3) is 0. The van der Waals surface area contributed by atoms with Crippen LogP contribution in [-0.4, -0.2) is 0 Å². The first-order valence-corrected chi connectivity index (χ1v) is 11.1. The third kappa shape index (κ3) is 4.09. The molecule has 0 aliphatic heterocycles. The van der Waals surface area contributed by atoms with Gasteiger partial charge in [0.1, 0.15) is 0 Å². The lowest BCUT2D eigenvalue weighted by atomic mass is 9.87. The van der Waals surface area contributed by atoms with Crippen molar-refractivity contribution in [1.29, 1.82) is 10.5 Å². The first-order valence-electron chi connectivity index (χ1n) is 11.1. The second-order valence-corrected chi connectivity index (χ2v) is 8.07. The smallest absolute Gasteiger partial charge is 0.0998 e. The van der Waals surface area contributed by atoms with Gasteiger partial charge < -0.3 is 0 Å². The molecule has 0 aliphatic rings. The molecule has 0 atom stereocenters. The van der Waals surface area contributed by atoms with Gasteiger partial charge in [-0.3, -0.25) is 0 Å². The summed E-state index contributed by atoms with van der Waals surface area (Å²) in [6, 6.07) is 40.8. The van der Waals surface area contributed by atoms with Crippen LogP contribution in [0.3, 0.4) is 0 Å². The monoisotopic (exact) mass is 432 g/mol. The SMILES string of the molecule is N#CC(=Cc1ccccc1)c1ccc2cc3ccccc3cc2c1C(C#N)=Cc1ccccc1. The number of hydrogen-bond donors (Lipinski definition) is 0. The molecule has 0 saturated carbocycles. The van der Waals surface area contributed by atoms with E-state index in [0.717, 1.165) is 43.8 Å². The zero-order valence-electron chi connectivity index (χ0n) is 18.4. The maximum Gasteiger partial charge on any atom is 0.0998 e. The average Bonchev–Trinajstić information content (AvgIpc) is 2.90. The molecule has 0 aliphatic carbocycles. The molecule has 0 spiro atoms. The van der Waals surface area contributed by atoms with Crippen LogP contribution in [0.15, 0.2) is 109 Å². The molecule has 0 amide bonds. The number of hydrogen-bond acceptors (Lipinski definition) is 2. The molecule has 5 aromatic carbocycles. The van der Waals surface area contributed by atoms with Crippen LogP contribution >= 0.6 is 0 Å². The highest BCUT2D eigenvalue weighted by Gasteiger charge is 2.16. The highest BCUT2D eigenvalue weighted by Crippen LogP contribution is 2.36. The Morgan fingerprint density at radius 1 is 0.529 bits per heavy atom. The Labute approximate surface area is 199 Å². The topological polar surface area (TPSA) is 47.6 Å². The van der Waals surface area contributed by atoms with Gasteiger partial charge in [0, 0.05) is 11.1 Å². The Balaban J connectivity index is 1.84. The zero-order chi connectivity index (χ0) is 23.3. The quantitative estimate of drug-likeness (QED) is 0.163. The minimum Gasteiger partial charge on any atom is -0.192 e. The Bertz CT molecular complexity index is 1640. The highest BCUT2D eigenvalue weighted by atomic mass is 14.3. The van der Waals surface area contributed by atoms with Crippen molar-refractivity contribution < 1.29 is 0 Å². The second-order valence-electron chi connectivity index (χ2n) is 8.07. The minimum absolute atomic E-state index is 0.519. The van der Waals surface area contributed by atoms with Crippen molar-refractivity contribution in [3.05, 3.63) is 131 Å². The van der Waals surface area contributed by atoms with Crippen molar-refractivity contribution >= 4 is 44.8 Å². The summed E-state index contributed by atoms with van der Waals surface area (Å²) in [4.78, 5) is 0. The molecule has 0 aromatic heterocycles. The molecule has 5 aromatic rings. The molecule has 5 rings (SSSR count). The van der Waals surface area contributed by atoms with E-state index in [9.17, 15) is 10.5 Å². The van der Waals surface area contributed by atoms with Gasteiger partial charge in [-0.25, -0.2) is 0 Å². The number of nitrogens with zero attached hydrogens (tertiary/aromatic N) is 2. The van der Waals surface area contributed by atoms with Crippen molar-refractivity contribution in [2.45, 2.75) is 0 Å². The van der Waals surface area contributed by atoms with Crippen molar-refractivity contribution in [1.82, 2.24) is 0 Å². The molecular weight excluding hydrogens is 412 g/mol. The molecule has 2 nitrogen and oxygen atoms in total. The van der Waals surface area contributed by atoms with Crippen LogP contribution in [0.4, 0.5) is 0 Å². The third-order valence-electron chi connectivity index (χ3n) is 5.91. The number of fused-ring (bicyclic) bond motifs is 2. The Hall–Kier alpha value is -4.92. The summed E-state index contributed by atoms with van der Waals surface area (Å²) in [6.07, 6.45) is 3.77. The van der Waals surface area contributed by atoms with Gasteiger partial charge in [0.25, 0.3) is 0 Å². The molecule has 2 heteroatoms. The van der Waals surface area contributed by atoms with Crippen LogP contribution in [0.5, 0.6) is 0 Å². The predicted octanol–water partition coefficient (Wildman–Crippen LogP) is 8.12. The molecule has 0 radical (unpaired) electrons. The summed E-state index contributed by atoms with van der Waals surface area (Å²) in [5.41, 5.74) is 4.44. The maximum atomic E-state index is 10.3. The van der Waals surface area contributed by atoms with E-state index in [4.69, 9.17) is 0 Å². The van der Waals surface area contributed by atoms with Crippen molar-refractivity contribution in [2.75, 3.05) is 0 Å². The number of benzene rings is 5. The molecule has 34 heavy (non-hydrogen) atoms. The van der Waals surface area contributed by atoms with E-state index in [-0.39, 0.29) is 0 Å². The molecule has 0 fully saturated rings. The van der Waals surface area contributed by atoms with Crippen LogP contribution in [0.25, 0.3) is 44.8 Å². The minimum atomic E-state index is 0.519. The number of allylic oxidation sites excluding steroid dienone is 2. The zero-order valence-corrected chi connectivity index (χ0v) is 18.4. The first kappa shape index (κ1) is 21.0. The number of rotatable bonds is 4. The van der Waals surface area contributed by atoms with Gasteiger partial charge in [0.2, 0.25) is 0 Å². The molecule has 0 bridgehead atoms.